The number of nitrogens with zero attached hydrogens (tertiary/aromatic N) is 1. The molecule has 2 aromatic carbocycles. The lowest BCUT2D eigenvalue weighted by Crippen LogP contribution is -2.13. The van der Waals surface area contributed by atoms with Crippen LogP contribution in [0, 0.1) is 6.92 Å². The van der Waals surface area contributed by atoms with Crippen molar-refractivity contribution in [3.05, 3.63) is 82.1 Å². The third-order valence-corrected chi connectivity index (χ3v) is 5.34. The third-order valence-electron chi connectivity index (χ3n) is 4.43. The van der Waals surface area contributed by atoms with Gasteiger partial charge in [-0.1, -0.05) is 48.0 Å². The summed E-state index contributed by atoms with van der Waals surface area (Å²) < 4.78 is 11.0. The SMILES string of the molecule is COCc1c(C(=O)Nc2ncc(Cc3cccc(C)c3)s2)oc2ccccc12. The van der Waals surface area contributed by atoms with E-state index in [1.165, 1.54) is 22.5 Å². The Morgan fingerprint density at radius 1 is 1.21 bits per heavy atom. The molecule has 0 unspecified atom stereocenters. The van der Waals surface area contributed by atoms with Crippen LogP contribution in [0.1, 0.15) is 32.1 Å². The van der Waals surface area contributed by atoms with Gasteiger partial charge in [0.1, 0.15) is 5.58 Å². The second-order valence-corrected chi connectivity index (χ2v) is 7.71. The molecule has 0 spiro atoms. The van der Waals surface area contributed by atoms with Crippen LogP contribution in [-0.4, -0.2) is 18.0 Å². The molecule has 1 N–H and O–H groups in total. The first kappa shape index (κ1) is 18.4. The molecule has 0 fully saturated rings. The summed E-state index contributed by atoms with van der Waals surface area (Å²) in [5, 5.41) is 4.29. The number of aryl methyl sites for hydroxylation is 1. The molecule has 0 saturated carbocycles. The lowest BCUT2D eigenvalue weighted by molar-refractivity contribution is 0.0992. The third kappa shape index (κ3) is 3.83. The van der Waals surface area contributed by atoms with Gasteiger partial charge in [0.2, 0.25) is 0 Å². The van der Waals surface area contributed by atoms with Crippen LogP contribution in [0.15, 0.2) is 59.1 Å². The molecule has 0 saturated heterocycles. The van der Waals surface area contributed by atoms with Crippen LogP contribution >= 0.6 is 11.3 Å². The number of hydrogen-bond donors (Lipinski definition) is 1. The number of nitrogens with one attached hydrogen (secondary N) is 1. The Labute approximate surface area is 167 Å². The molecule has 0 radical (unpaired) electrons. The minimum absolute atomic E-state index is 0.262. The van der Waals surface area contributed by atoms with Crippen molar-refractivity contribution in [3.63, 3.8) is 0 Å². The minimum atomic E-state index is -0.320. The van der Waals surface area contributed by atoms with Gasteiger partial charge < -0.3 is 9.15 Å². The second-order valence-electron chi connectivity index (χ2n) is 6.59. The van der Waals surface area contributed by atoms with E-state index in [9.17, 15) is 4.79 Å². The van der Waals surface area contributed by atoms with Crippen LogP contribution < -0.4 is 5.32 Å². The van der Waals surface area contributed by atoms with Crippen LogP contribution in [-0.2, 0) is 17.8 Å². The molecule has 0 atom stereocenters. The van der Waals surface area contributed by atoms with E-state index in [4.69, 9.17) is 9.15 Å². The maximum Gasteiger partial charge on any atom is 0.293 e. The van der Waals surface area contributed by atoms with Crippen LogP contribution in [0.2, 0.25) is 0 Å². The molecule has 0 aliphatic rings. The van der Waals surface area contributed by atoms with E-state index in [1.807, 2.05) is 30.3 Å². The maximum atomic E-state index is 12.8. The smallest absolute Gasteiger partial charge is 0.293 e. The Bertz CT molecular complexity index is 1130. The van der Waals surface area contributed by atoms with Crippen LogP contribution in [0.3, 0.4) is 0 Å². The first-order valence-corrected chi connectivity index (χ1v) is 9.76. The van der Waals surface area contributed by atoms with Crippen molar-refractivity contribution in [2.24, 2.45) is 0 Å². The van der Waals surface area contributed by atoms with Crippen LogP contribution in [0.4, 0.5) is 5.13 Å². The van der Waals surface area contributed by atoms with Gasteiger partial charge in [-0.3, -0.25) is 10.1 Å². The number of methoxy groups -OCH3 is 1. The zero-order chi connectivity index (χ0) is 19.5. The first-order chi connectivity index (χ1) is 13.6. The highest BCUT2D eigenvalue weighted by atomic mass is 32.1. The molecule has 5 nitrogen and oxygen atoms in total. The Morgan fingerprint density at radius 3 is 2.89 bits per heavy atom. The fraction of sp³-hybridized carbons (Fsp3) is 0.182. The summed E-state index contributed by atoms with van der Waals surface area (Å²) in [6, 6.07) is 15.9. The summed E-state index contributed by atoms with van der Waals surface area (Å²) in [4.78, 5) is 18.2. The van der Waals surface area contributed by atoms with Gasteiger partial charge >= 0.3 is 0 Å². The topological polar surface area (TPSA) is 64.4 Å². The molecule has 2 heterocycles. The number of rotatable bonds is 6. The molecule has 2 aromatic heterocycles. The number of carbonyl (C=O) groups excluding carboxylic acids is 1. The predicted octanol–water partition coefficient (Wildman–Crippen LogP) is 5.19. The molecular weight excluding hydrogens is 372 g/mol. The van der Waals surface area contributed by atoms with Gasteiger partial charge in [0.05, 0.1) is 6.61 Å². The number of carbonyl (C=O) groups is 1. The van der Waals surface area contributed by atoms with Gasteiger partial charge in [0, 0.05) is 35.6 Å². The lowest BCUT2D eigenvalue weighted by atomic mass is 10.1. The number of aromatic nitrogens is 1. The molecule has 0 aliphatic heterocycles. The van der Waals surface area contributed by atoms with Crippen molar-refractivity contribution in [2.45, 2.75) is 20.0 Å². The fourth-order valence-electron chi connectivity index (χ4n) is 3.19. The molecule has 4 rings (SSSR count). The minimum Gasteiger partial charge on any atom is -0.451 e. The molecule has 1 amide bonds. The van der Waals surface area contributed by atoms with Gasteiger partial charge in [0.15, 0.2) is 10.9 Å². The fourth-order valence-corrected chi connectivity index (χ4v) is 4.04. The van der Waals surface area contributed by atoms with E-state index in [2.05, 4.69) is 35.4 Å². The summed E-state index contributed by atoms with van der Waals surface area (Å²) in [6.07, 6.45) is 2.59. The Hall–Kier alpha value is -2.96. The normalized spacial score (nSPS) is 11.1. The standard InChI is InChI=1S/C22H20N2O3S/c1-14-6-5-7-15(10-14)11-16-12-23-22(28-16)24-21(25)20-18(13-26-2)17-8-3-4-9-19(17)27-20/h3-10,12H,11,13H2,1-2H3,(H,23,24,25). The Morgan fingerprint density at radius 2 is 2.07 bits per heavy atom. The highest BCUT2D eigenvalue weighted by molar-refractivity contribution is 7.15. The van der Waals surface area contributed by atoms with Gasteiger partial charge in [-0.25, -0.2) is 4.98 Å². The number of anilines is 1. The largest absolute Gasteiger partial charge is 0.451 e. The Balaban J connectivity index is 1.54. The molecule has 4 aromatic rings. The van der Waals surface area contributed by atoms with E-state index < -0.39 is 0 Å². The molecule has 142 valence electrons. The number of ether oxygens (including phenoxy) is 1. The molecular formula is C22H20N2O3S. The van der Waals surface area contributed by atoms with Crippen molar-refractivity contribution < 1.29 is 13.9 Å². The number of benzene rings is 2. The van der Waals surface area contributed by atoms with E-state index in [0.717, 1.165) is 22.2 Å². The second kappa shape index (κ2) is 7.96. The van der Waals surface area contributed by atoms with Crippen LogP contribution in [0.25, 0.3) is 11.0 Å². The number of para-hydroxylation sites is 1. The highest BCUT2D eigenvalue weighted by Gasteiger charge is 2.21. The van der Waals surface area contributed by atoms with Crippen molar-refractivity contribution in [1.29, 1.82) is 0 Å². The number of hydrogen-bond acceptors (Lipinski definition) is 5. The molecule has 0 bridgehead atoms. The van der Waals surface area contributed by atoms with E-state index in [0.29, 0.717) is 17.3 Å². The lowest BCUT2D eigenvalue weighted by Gasteiger charge is -2.02. The molecule has 28 heavy (non-hydrogen) atoms. The van der Waals surface area contributed by atoms with E-state index in [-0.39, 0.29) is 11.7 Å². The average Bonchev–Trinajstić information content (AvgIpc) is 3.27. The van der Waals surface area contributed by atoms with Crippen LogP contribution in [0.5, 0.6) is 0 Å². The quantitative estimate of drug-likeness (QED) is 0.491. The van der Waals surface area contributed by atoms with Gasteiger partial charge in [-0.2, -0.15) is 0 Å². The van der Waals surface area contributed by atoms with Crippen molar-refractivity contribution >= 4 is 33.3 Å². The molecule has 6 heteroatoms. The number of fused-ring (bicyclic) bond motifs is 1. The van der Waals surface area contributed by atoms with Crippen molar-refractivity contribution in [1.82, 2.24) is 4.98 Å². The maximum absolute atomic E-state index is 12.8. The molecule has 0 aliphatic carbocycles. The summed E-state index contributed by atoms with van der Waals surface area (Å²) in [7, 11) is 1.60. The number of amides is 1. The van der Waals surface area contributed by atoms with Gasteiger partial charge in [0.25, 0.3) is 5.91 Å². The first-order valence-electron chi connectivity index (χ1n) is 8.95. The Kier molecular flexibility index (Phi) is 5.23. The number of thiazole rings is 1. The van der Waals surface area contributed by atoms with Crippen molar-refractivity contribution in [3.8, 4) is 0 Å². The summed E-state index contributed by atoms with van der Waals surface area (Å²) >= 11 is 1.47. The zero-order valence-electron chi connectivity index (χ0n) is 15.7. The number of furan rings is 1. The van der Waals surface area contributed by atoms with E-state index in [1.54, 1.807) is 13.3 Å². The monoisotopic (exact) mass is 392 g/mol. The highest BCUT2D eigenvalue weighted by Crippen LogP contribution is 2.28. The van der Waals surface area contributed by atoms with Gasteiger partial charge in [-0.15, -0.1) is 11.3 Å². The van der Waals surface area contributed by atoms with Crippen molar-refractivity contribution in [2.75, 3.05) is 12.4 Å². The summed E-state index contributed by atoms with van der Waals surface area (Å²) in [6.45, 7) is 2.38. The zero-order valence-corrected chi connectivity index (χ0v) is 16.5. The average molecular weight is 392 g/mol. The summed E-state index contributed by atoms with van der Waals surface area (Å²) in [5.41, 5.74) is 3.86. The predicted molar refractivity (Wildman–Crippen MR) is 111 cm³/mol. The van der Waals surface area contributed by atoms with E-state index >= 15 is 0 Å². The summed E-state index contributed by atoms with van der Waals surface area (Å²) in [5.74, 6) is -0.0572. The van der Waals surface area contributed by atoms with Gasteiger partial charge in [-0.05, 0) is 18.6 Å².